The summed E-state index contributed by atoms with van der Waals surface area (Å²) in [6.07, 6.45) is 0. The Morgan fingerprint density at radius 2 is 1.67 bits per heavy atom. The van der Waals surface area contributed by atoms with Crippen LogP contribution in [-0.2, 0) is 14.8 Å². The van der Waals surface area contributed by atoms with Gasteiger partial charge in [-0.3, -0.25) is 4.79 Å². The van der Waals surface area contributed by atoms with Crippen molar-refractivity contribution in [3.8, 4) is 0 Å². The summed E-state index contributed by atoms with van der Waals surface area (Å²) in [4.78, 5) is 14.1. The molecule has 1 atom stereocenters. The third-order valence-corrected chi connectivity index (χ3v) is 7.81. The topological polar surface area (TPSA) is 75.7 Å². The number of thiophene rings is 1. The van der Waals surface area contributed by atoms with Crippen LogP contribution in [-0.4, -0.2) is 44.9 Å². The summed E-state index contributed by atoms with van der Waals surface area (Å²) in [6.45, 7) is 1.46. The van der Waals surface area contributed by atoms with Gasteiger partial charge in [-0.05, 0) is 41.3 Å². The van der Waals surface area contributed by atoms with Gasteiger partial charge < -0.3 is 10.1 Å². The zero-order chi connectivity index (χ0) is 21.0. The standard InChI is InChI=1S/C22H22N2O4S2/c25-22(23-21(20-7-4-16-29-20)17-5-2-1-3-6-17)18-8-10-19(11-9-18)30(26,27)24-12-14-28-15-13-24/h1-11,16,21H,12-15H2,(H,23,25). The van der Waals surface area contributed by atoms with E-state index in [0.717, 1.165) is 10.4 Å². The number of morpholine rings is 1. The van der Waals surface area contributed by atoms with E-state index in [1.54, 1.807) is 23.5 Å². The highest BCUT2D eigenvalue weighted by atomic mass is 32.2. The fourth-order valence-corrected chi connectivity index (χ4v) is 5.56. The highest BCUT2D eigenvalue weighted by Gasteiger charge is 2.26. The molecule has 8 heteroatoms. The predicted octanol–water partition coefficient (Wildman–Crippen LogP) is 3.29. The number of sulfonamides is 1. The molecule has 0 radical (unpaired) electrons. The van der Waals surface area contributed by atoms with Crippen molar-refractivity contribution in [1.29, 1.82) is 0 Å². The molecule has 0 aliphatic carbocycles. The number of ether oxygens (including phenoxy) is 1. The normalized spacial score (nSPS) is 16.1. The van der Waals surface area contributed by atoms with Gasteiger partial charge in [0.15, 0.2) is 0 Å². The van der Waals surface area contributed by atoms with Crippen LogP contribution in [0.4, 0.5) is 0 Å². The molecule has 6 nitrogen and oxygen atoms in total. The molecule has 1 N–H and O–H groups in total. The number of amides is 1. The zero-order valence-corrected chi connectivity index (χ0v) is 17.9. The minimum absolute atomic E-state index is 0.179. The van der Waals surface area contributed by atoms with Gasteiger partial charge in [0.1, 0.15) is 0 Å². The Morgan fingerprint density at radius 1 is 0.967 bits per heavy atom. The lowest BCUT2D eigenvalue weighted by atomic mass is 10.0. The second kappa shape index (κ2) is 9.09. The smallest absolute Gasteiger partial charge is 0.252 e. The number of rotatable bonds is 6. The number of benzene rings is 2. The maximum absolute atomic E-state index is 12.9. The number of nitrogens with one attached hydrogen (secondary N) is 1. The molecule has 1 aliphatic heterocycles. The fraction of sp³-hybridized carbons (Fsp3) is 0.227. The van der Waals surface area contributed by atoms with Crippen molar-refractivity contribution >= 4 is 27.3 Å². The van der Waals surface area contributed by atoms with Gasteiger partial charge in [-0.2, -0.15) is 4.31 Å². The van der Waals surface area contributed by atoms with Gasteiger partial charge in [0.25, 0.3) is 5.91 Å². The molecule has 0 spiro atoms. The van der Waals surface area contributed by atoms with Crippen molar-refractivity contribution in [2.45, 2.75) is 10.9 Å². The second-order valence-electron chi connectivity index (χ2n) is 6.87. The quantitative estimate of drug-likeness (QED) is 0.636. The molecule has 0 saturated carbocycles. The second-order valence-corrected chi connectivity index (χ2v) is 9.79. The first-order valence-corrected chi connectivity index (χ1v) is 11.9. The van der Waals surface area contributed by atoms with E-state index < -0.39 is 10.0 Å². The van der Waals surface area contributed by atoms with Gasteiger partial charge in [0.2, 0.25) is 10.0 Å². The van der Waals surface area contributed by atoms with E-state index in [1.165, 1.54) is 16.4 Å². The van der Waals surface area contributed by atoms with E-state index in [0.29, 0.717) is 31.9 Å². The maximum Gasteiger partial charge on any atom is 0.252 e. The van der Waals surface area contributed by atoms with Gasteiger partial charge in [-0.1, -0.05) is 36.4 Å². The molecule has 2 aromatic carbocycles. The summed E-state index contributed by atoms with van der Waals surface area (Å²) in [5, 5.41) is 5.04. The van der Waals surface area contributed by atoms with Gasteiger partial charge >= 0.3 is 0 Å². The van der Waals surface area contributed by atoms with E-state index in [2.05, 4.69) is 5.32 Å². The monoisotopic (exact) mass is 442 g/mol. The summed E-state index contributed by atoms with van der Waals surface area (Å²) in [7, 11) is -3.58. The SMILES string of the molecule is O=C(NC(c1ccccc1)c1cccs1)c1ccc(S(=O)(=O)N2CCOCC2)cc1. The van der Waals surface area contributed by atoms with Crippen molar-refractivity contribution in [2.75, 3.05) is 26.3 Å². The van der Waals surface area contributed by atoms with Crippen molar-refractivity contribution in [2.24, 2.45) is 0 Å². The first-order chi connectivity index (χ1) is 14.6. The minimum atomic E-state index is -3.58. The van der Waals surface area contributed by atoms with Crippen LogP contribution in [0.25, 0.3) is 0 Å². The van der Waals surface area contributed by atoms with Crippen LogP contribution in [0.15, 0.2) is 77.0 Å². The molecule has 1 amide bonds. The van der Waals surface area contributed by atoms with E-state index in [1.807, 2.05) is 47.8 Å². The summed E-state index contributed by atoms with van der Waals surface area (Å²) in [5.41, 5.74) is 1.40. The summed E-state index contributed by atoms with van der Waals surface area (Å²) in [5.74, 6) is -0.257. The number of hydrogen-bond donors (Lipinski definition) is 1. The molecule has 156 valence electrons. The molecule has 1 fully saturated rings. The third-order valence-electron chi connectivity index (χ3n) is 4.96. The average molecular weight is 443 g/mol. The number of carbonyl (C=O) groups is 1. The van der Waals surface area contributed by atoms with E-state index in [4.69, 9.17) is 4.74 Å². The lowest BCUT2D eigenvalue weighted by Gasteiger charge is -2.26. The first kappa shape index (κ1) is 20.7. The van der Waals surface area contributed by atoms with Crippen LogP contribution in [0, 0.1) is 0 Å². The third kappa shape index (κ3) is 4.46. The van der Waals surface area contributed by atoms with Crippen LogP contribution >= 0.6 is 11.3 Å². The molecular weight excluding hydrogens is 420 g/mol. The van der Waals surface area contributed by atoms with Crippen molar-refractivity contribution in [3.05, 3.63) is 88.1 Å². The molecule has 3 aromatic rings. The van der Waals surface area contributed by atoms with Crippen molar-refractivity contribution in [3.63, 3.8) is 0 Å². The first-order valence-electron chi connectivity index (χ1n) is 9.63. The number of carbonyl (C=O) groups excluding carboxylic acids is 1. The van der Waals surface area contributed by atoms with Gasteiger partial charge in [0, 0.05) is 23.5 Å². The minimum Gasteiger partial charge on any atom is -0.379 e. The molecule has 30 heavy (non-hydrogen) atoms. The highest BCUT2D eigenvalue weighted by molar-refractivity contribution is 7.89. The van der Waals surface area contributed by atoms with Crippen LogP contribution in [0.3, 0.4) is 0 Å². The zero-order valence-electron chi connectivity index (χ0n) is 16.2. The molecule has 2 heterocycles. The summed E-state index contributed by atoms with van der Waals surface area (Å²) in [6, 6.07) is 19.5. The Kier molecular flexibility index (Phi) is 6.29. The van der Waals surface area contributed by atoms with Crippen LogP contribution in [0.1, 0.15) is 26.8 Å². The molecule has 1 unspecified atom stereocenters. The Hall–Kier alpha value is -2.52. The Morgan fingerprint density at radius 3 is 2.30 bits per heavy atom. The van der Waals surface area contributed by atoms with Crippen molar-refractivity contribution in [1.82, 2.24) is 9.62 Å². The molecule has 1 aliphatic rings. The van der Waals surface area contributed by atoms with Crippen molar-refractivity contribution < 1.29 is 17.9 Å². The lowest BCUT2D eigenvalue weighted by Crippen LogP contribution is -2.40. The summed E-state index contributed by atoms with van der Waals surface area (Å²) >= 11 is 1.57. The largest absolute Gasteiger partial charge is 0.379 e. The lowest BCUT2D eigenvalue weighted by molar-refractivity contribution is 0.0730. The van der Waals surface area contributed by atoms with E-state index >= 15 is 0 Å². The molecular formula is C22H22N2O4S2. The number of hydrogen-bond acceptors (Lipinski definition) is 5. The van der Waals surface area contributed by atoms with Gasteiger partial charge in [-0.25, -0.2) is 8.42 Å². The van der Waals surface area contributed by atoms with Gasteiger partial charge in [-0.15, -0.1) is 11.3 Å². The average Bonchev–Trinajstić information content (AvgIpc) is 3.33. The van der Waals surface area contributed by atoms with Crippen LogP contribution in [0.2, 0.25) is 0 Å². The predicted molar refractivity (Wildman–Crippen MR) is 116 cm³/mol. The molecule has 0 bridgehead atoms. The maximum atomic E-state index is 12.9. The molecule has 4 rings (SSSR count). The Bertz CT molecular complexity index is 1080. The number of nitrogens with zero attached hydrogens (tertiary/aromatic N) is 1. The Labute approximate surface area is 180 Å². The Balaban J connectivity index is 1.53. The molecule has 1 saturated heterocycles. The van der Waals surface area contributed by atoms with Crippen LogP contribution in [0.5, 0.6) is 0 Å². The fourth-order valence-electron chi connectivity index (χ4n) is 3.35. The van der Waals surface area contributed by atoms with E-state index in [-0.39, 0.29) is 16.8 Å². The molecule has 1 aromatic heterocycles. The highest BCUT2D eigenvalue weighted by Crippen LogP contribution is 2.26. The van der Waals surface area contributed by atoms with Crippen LogP contribution < -0.4 is 5.32 Å². The summed E-state index contributed by atoms with van der Waals surface area (Å²) < 4.78 is 32.2. The van der Waals surface area contributed by atoms with E-state index in [9.17, 15) is 13.2 Å². The van der Waals surface area contributed by atoms with Gasteiger partial charge in [0.05, 0.1) is 24.2 Å².